The van der Waals surface area contributed by atoms with E-state index in [1.165, 1.54) is 64.2 Å². The molecular weight excluding hydrogens is 286 g/mol. The number of piperidine rings is 1. The number of nitrogens with zero attached hydrogens (tertiary/aromatic N) is 1. The van der Waals surface area contributed by atoms with Gasteiger partial charge in [-0.05, 0) is 94.0 Å². The number of aliphatic hydroxyl groups excluding tert-OH is 1. The fourth-order valence-corrected chi connectivity index (χ4v) is 6.60. The molecule has 132 valence electrons. The van der Waals surface area contributed by atoms with Crippen molar-refractivity contribution in [3.63, 3.8) is 0 Å². The first-order chi connectivity index (χ1) is 11.2. The number of β-amino-alcohol motifs (C(OH)–C–C–N with tert-alkyl or cyclic N) is 1. The number of hydrogen-bond donors (Lipinski definition) is 1. The monoisotopic (exact) mass is 321 g/mol. The van der Waals surface area contributed by atoms with Crippen LogP contribution in [0, 0.1) is 23.2 Å². The molecule has 0 aromatic rings. The van der Waals surface area contributed by atoms with Crippen LogP contribution in [0.15, 0.2) is 0 Å². The zero-order valence-corrected chi connectivity index (χ0v) is 14.7. The molecule has 0 spiro atoms. The van der Waals surface area contributed by atoms with Crippen molar-refractivity contribution >= 4 is 0 Å². The standard InChI is InChI=1S/C20H35NO2/c22-19(14-21-5-2-1-3-6-21)15-23-7-4-20-11-16-8-17(12-20)10-18(9-16)13-20/h16-19,22H,1-15H2/t16?,17?,18?,19-,20?/m0/s1. The molecular formula is C20H35NO2. The average molecular weight is 322 g/mol. The van der Waals surface area contributed by atoms with E-state index in [1.807, 2.05) is 0 Å². The Kier molecular flexibility index (Phi) is 4.99. The molecule has 23 heavy (non-hydrogen) atoms. The normalized spacial score (nSPS) is 41.3. The minimum atomic E-state index is -0.301. The van der Waals surface area contributed by atoms with E-state index in [2.05, 4.69) is 4.90 Å². The summed E-state index contributed by atoms with van der Waals surface area (Å²) in [6.07, 6.45) is 13.9. The lowest BCUT2D eigenvalue weighted by Crippen LogP contribution is -2.46. The highest BCUT2D eigenvalue weighted by Crippen LogP contribution is 2.61. The molecule has 0 amide bonds. The van der Waals surface area contributed by atoms with Crippen molar-refractivity contribution in [3.05, 3.63) is 0 Å². The SMILES string of the molecule is O[C@H](COCCC12CC3CC(CC(C3)C1)C2)CN1CCCCC1. The highest BCUT2D eigenvalue weighted by molar-refractivity contribution is 5.01. The number of rotatable bonds is 7. The third kappa shape index (κ3) is 3.93. The molecule has 1 aliphatic heterocycles. The third-order valence-corrected chi connectivity index (χ3v) is 7.17. The number of likely N-dealkylation sites (tertiary alicyclic amines) is 1. The Hall–Kier alpha value is -0.120. The number of ether oxygens (including phenoxy) is 1. The van der Waals surface area contributed by atoms with Crippen LogP contribution in [0.1, 0.15) is 64.2 Å². The Bertz CT molecular complexity index is 356. The highest BCUT2D eigenvalue weighted by Gasteiger charge is 2.50. The van der Waals surface area contributed by atoms with Gasteiger partial charge in [0.05, 0.1) is 12.7 Å². The molecule has 1 saturated heterocycles. The fourth-order valence-electron chi connectivity index (χ4n) is 6.60. The molecule has 0 aromatic carbocycles. The summed E-state index contributed by atoms with van der Waals surface area (Å²) in [5.41, 5.74) is 0.618. The summed E-state index contributed by atoms with van der Waals surface area (Å²) in [6.45, 7) is 4.51. The number of aliphatic hydroxyl groups is 1. The Morgan fingerprint density at radius 2 is 1.57 bits per heavy atom. The quantitative estimate of drug-likeness (QED) is 0.729. The molecule has 5 rings (SSSR count). The van der Waals surface area contributed by atoms with Gasteiger partial charge in [0.15, 0.2) is 0 Å². The molecule has 5 fully saturated rings. The predicted molar refractivity (Wildman–Crippen MR) is 92.3 cm³/mol. The van der Waals surface area contributed by atoms with Crippen LogP contribution in [-0.2, 0) is 4.74 Å². The molecule has 5 aliphatic rings. The van der Waals surface area contributed by atoms with E-state index in [1.54, 1.807) is 0 Å². The van der Waals surface area contributed by atoms with Gasteiger partial charge in [-0.3, -0.25) is 0 Å². The summed E-state index contributed by atoms with van der Waals surface area (Å²) in [5, 5.41) is 10.2. The van der Waals surface area contributed by atoms with Crippen LogP contribution in [0.2, 0.25) is 0 Å². The second-order valence-corrected chi connectivity index (χ2v) is 9.26. The maximum atomic E-state index is 10.2. The highest BCUT2D eigenvalue weighted by atomic mass is 16.5. The van der Waals surface area contributed by atoms with Crippen molar-refractivity contribution < 1.29 is 9.84 Å². The molecule has 4 bridgehead atoms. The zero-order valence-electron chi connectivity index (χ0n) is 14.7. The van der Waals surface area contributed by atoms with Gasteiger partial charge in [-0.15, -0.1) is 0 Å². The van der Waals surface area contributed by atoms with E-state index in [0.29, 0.717) is 12.0 Å². The van der Waals surface area contributed by atoms with Gasteiger partial charge in [-0.25, -0.2) is 0 Å². The van der Waals surface area contributed by atoms with Gasteiger partial charge in [0.1, 0.15) is 0 Å². The first kappa shape index (κ1) is 16.4. The molecule has 0 aromatic heterocycles. The van der Waals surface area contributed by atoms with Crippen molar-refractivity contribution in [2.45, 2.75) is 70.3 Å². The Morgan fingerprint density at radius 1 is 0.957 bits per heavy atom. The van der Waals surface area contributed by atoms with Crippen LogP contribution in [-0.4, -0.2) is 49.0 Å². The van der Waals surface area contributed by atoms with Crippen LogP contribution in [0.4, 0.5) is 0 Å². The smallest absolute Gasteiger partial charge is 0.0900 e. The van der Waals surface area contributed by atoms with Gasteiger partial charge in [0.2, 0.25) is 0 Å². The fraction of sp³-hybridized carbons (Fsp3) is 1.00. The Labute approximate surface area is 141 Å². The van der Waals surface area contributed by atoms with Crippen LogP contribution in [0.5, 0.6) is 0 Å². The molecule has 1 heterocycles. The first-order valence-electron chi connectivity index (χ1n) is 10.2. The third-order valence-electron chi connectivity index (χ3n) is 7.17. The lowest BCUT2D eigenvalue weighted by molar-refractivity contribution is -0.0742. The van der Waals surface area contributed by atoms with Crippen molar-refractivity contribution in [3.8, 4) is 0 Å². The molecule has 1 atom stereocenters. The molecule has 0 unspecified atom stereocenters. The van der Waals surface area contributed by atoms with Crippen LogP contribution in [0.3, 0.4) is 0 Å². The zero-order chi connectivity index (χ0) is 15.7. The molecule has 3 nitrogen and oxygen atoms in total. The molecule has 4 aliphatic carbocycles. The van der Waals surface area contributed by atoms with E-state index >= 15 is 0 Å². The summed E-state index contributed by atoms with van der Waals surface area (Å²) < 4.78 is 5.90. The van der Waals surface area contributed by atoms with E-state index in [0.717, 1.165) is 44.0 Å². The Balaban J connectivity index is 1.16. The summed E-state index contributed by atoms with van der Waals surface area (Å²) in [6, 6.07) is 0. The maximum Gasteiger partial charge on any atom is 0.0900 e. The minimum absolute atomic E-state index is 0.301. The van der Waals surface area contributed by atoms with Gasteiger partial charge in [-0.2, -0.15) is 0 Å². The lowest BCUT2D eigenvalue weighted by Gasteiger charge is -2.57. The lowest BCUT2D eigenvalue weighted by atomic mass is 9.49. The van der Waals surface area contributed by atoms with Crippen molar-refractivity contribution in [1.82, 2.24) is 4.90 Å². The van der Waals surface area contributed by atoms with Crippen molar-refractivity contribution in [2.75, 3.05) is 32.8 Å². The van der Waals surface area contributed by atoms with Gasteiger partial charge >= 0.3 is 0 Å². The van der Waals surface area contributed by atoms with E-state index in [9.17, 15) is 5.11 Å². The van der Waals surface area contributed by atoms with Crippen LogP contribution >= 0.6 is 0 Å². The van der Waals surface area contributed by atoms with E-state index in [4.69, 9.17) is 4.74 Å². The van der Waals surface area contributed by atoms with Gasteiger partial charge < -0.3 is 14.7 Å². The van der Waals surface area contributed by atoms with Crippen molar-refractivity contribution in [1.29, 1.82) is 0 Å². The van der Waals surface area contributed by atoms with Crippen LogP contribution in [0.25, 0.3) is 0 Å². The molecule has 1 N–H and O–H groups in total. The topological polar surface area (TPSA) is 32.7 Å². The van der Waals surface area contributed by atoms with Crippen LogP contribution < -0.4 is 0 Å². The number of hydrogen-bond acceptors (Lipinski definition) is 3. The first-order valence-corrected chi connectivity index (χ1v) is 10.2. The second kappa shape index (κ2) is 7.01. The summed E-state index contributed by atoms with van der Waals surface area (Å²) in [7, 11) is 0. The molecule has 0 radical (unpaired) electrons. The van der Waals surface area contributed by atoms with Gasteiger partial charge in [-0.1, -0.05) is 6.42 Å². The molecule has 4 saturated carbocycles. The second-order valence-electron chi connectivity index (χ2n) is 9.26. The summed E-state index contributed by atoms with van der Waals surface area (Å²) in [4.78, 5) is 2.40. The summed E-state index contributed by atoms with van der Waals surface area (Å²) in [5.74, 6) is 3.10. The van der Waals surface area contributed by atoms with E-state index in [-0.39, 0.29) is 6.10 Å². The average Bonchev–Trinajstić information content (AvgIpc) is 2.51. The van der Waals surface area contributed by atoms with Gasteiger partial charge in [0, 0.05) is 13.2 Å². The summed E-state index contributed by atoms with van der Waals surface area (Å²) >= 11 is 0. The maximum absolute atomic E-state index is 10.2. The predicted octanol–water partition coefficient (Wildman–Crippen LogP) is 3.46. The molecule has 3 heteroatoms. The van der Waals surface area contributed by atoms with E-state index < -0.39 is 0 Å². The Morgan fingerprint density at radius 3 is 2.17 bits per heavy atom. The van der Waals surface area contributed by atoms with Gasteiger partial charge in [0.25, 0.3) is 0 Å². The minimum Gasteiger partial charge on any atom is -0.389 e. The van der Waals surface area contributed by atoms with Crippen molar-refractivity contribution in [2.24, 2.45) is 23.2 Å². The largest absolute Gasteiger partial charge is 0.389 e.